The highest BCUT2D eigenvalue weighted by Gasteiger charge is 2.59. The lowest BCUT2D eigenvalue weighted by Gasteiger charge is -2.42. The molecule has 8 atom stereocenters. The first kappa shape index (κ1) is 62.5. The van der Waals surface area contributed by atoms with Gasteiger partial charge in [-0.1, -0.05) is 179 Å². The quantitative estimate of drug-likeness (QED) is 0.0351. The highest BCUT2D eigenvalue weighted by molar-refractivity contribution is 7.90. The molecular weight excluding hydrogens is 1210 g/mol. The fourth-order valence-electron chi connectivity index (χ4n) is 17.2. The van der Waals surface area contributed by atoms with Gasteiger partial charge in [-0.3, -0.25) is 29.0 Å². The first-order valence-corrected chi connectivity index (χ1v) is 35.9. The maximum atomic E-state index is 15.0. The zero-order chi connectivity index (χ0) is 66.0. The Kier molecular flexibility index (Phi) is 16.6. The summed E-state index contributed by atoms with van der Waals surface area (Å²) in [5, 5.41) is 4.23. The normalized spacial score (nSPS) is 22.1. The molecule has 3 aliphatic heterocycles. The number of unbranched alkanes of at least 4 members (excludes halogenated alkanes) is 6. The molecule has 10 aromatic rings. The predicted octanol–water partition coefficient (Wildman–Crippen LogP) is 17.5. The van der Waals surface area contributed by atoms with E-state index in [1.54, 1.807) is 12.1 Å². The molecular formula is C83H81N5O7S. The Morgan fingerprint density at radius 3 is 1.43 bits per heavy atom. The van der Waals surface area contributed by atoms with Gasteiger partial charge in [-0.15, -0.1) is 13.2 Å². The molecule has 5 aliphatic rings. The van der Waals surface area contributed by atoms with Crippen molar-refractivity contribution >= 4 is 94.3 Å². The van der Waals surface area contributed by atoms with Crippen molar-refractivity contribution in [2.75, 3.05) is 24.6 Å². The molecule has 486 valence electrons. The van der Waals surface area contributed by atoms with E-state index in [0.29, 0.717) is 50.0 Å². The first-order valence-electron chi connectivity index (χ1n) is 34.5. The number of fused-ring (bicyclic) bond motifs is 10. The molecule has 2 saturated heterocycles. The summed E-state index contributed by atoms with van der Waals surface area (Å²) in [6, 6.07) is 62.7. The minimum atomic E-state index is -4.08. The van der Waals surface area contributed by atoms with E-state index in [2.05, 4.69) is 134 Å². The van der Waals surface area contributed by atoms with Crippen molar-refractivity contribution in [1.29, 1.82) is 0 Å². The number of allylic oxidation sites excluding steroid dienone is 4. The first-order chi connectivity index (χ1) is 46.8. The summed E-state index contributed by atoms with van der Waals surface area (Å²) >= 11 is 0. The van der Waals surface area contributed by atoms with Crippen LogP contribution in [0.5, 0.6) is 5.75 Å². The average molecular weight is 1290 g/mol. The van der Waals surface area contributed by atoms with E-state index in [-0.39, 0.29) is 57.6 Å². The van der Waals surface area contributed by atoms with Gasteiger partial charge in [-0.25, -0.2) is 12.4 Å². The molecule has 12 nitrogen and oxygen atoms in total. The van der Waals surface area contributed by atoms with Gasteiger partial charge in [0.05, 0.1) is 57.6 Å². The van der Waals surface area contributed by atoms with Crippen molar-refractivity contribution in [2.45, 2.75) is 94.9 Å². The summed E-state index contributed by atoms with van der Waals surface area (Å²) in [6.07, 6.45) is 16.0. The largest absolute Gasteiger partial charge is 0.494 e. The van der Waals surface area contributed by atoms with E-state index in [1.807, 2.05) is 103 Å². The van der Waals surface area contributed by atoms with Crippen LogP contribution in [0.3, 0.4) is 0 Å². The number of imide groups is 2. The van der Waals surface area contributed by atoms with E-state index in [4.69, 9.17) is 4.74 Å². The molecule has 96 heavy (non-hydrogen) atoms. The molecule has 13 heteroatoms. The minimum Gasteiger partial charge on any atom is -0.494 e. The van der Waals surface area contributed by atoms with Crippen LogP contribution in [0.1, 0.15) is 89.2 Å². The lowest BCUT2D eigenvalue weighted by atomic mass is 9.73. The van der Waals surface area contributed by atoms with Crippen molar-refractivity contribution in [3.8, 4) is 16.9 Å². The molecule has 0 N–H and O–H groups in total. The Morgan fingerprint density at radius 1 is 0.458 bits per heavy atom. The summed E-state index contributed by atoms with van der Waals surface area (Å²) in [4.78, 5) is 61.9. The molecule has 4 fully saturated rings. The van der Waals surface area contributed by atoms with Crippen LogP contribution < -0.4 is 9.64 Å². The molecule has 2 saturated carbocycles. The fraction of sp³-hybridized carbons (Fsp3) is 0.301. The number of hydrogen-bond donors (Lipinski definition) is 0. The van der Waals surface area contributed by atoms with Gasteiger partial charge in [0, 0.05) is 63.3 Å². The maximum Gasteiger partial charge on any atom is 0.268 e. The topological polar surface area (TPSA) is 131 Å². The summed E-state index contributed by atoms with van der Waals surface area (Å²) in [6.45, 7) is 14.9. The fourth-order valence-corrected chi connectivity index (χ4v) is 18.7. The summed E-state index contributed by atoms with van der Waals surface area (Å²) < 4.78 is 40.1. The van der Waals surface area contributed by atoms with Crippen molar-refractivity contribution in [3.63, 3.8) is 0 Å². The number of rotatable bonds is 23. The minimum absolute atomic E-state index is 0.0865. The van der Waals surface area contributed by atoms with Gasteiger partial charge >= 0.3 is 0 Å². The molecule has 8 aromatic carbocycles. The highest BCUT2D eigenvalue weighted by Crippen LogP contribution is 2.54. The average Bonchev–Trinajstić information content (AvgIpc) is 0.846. The number of ether oxygens (including phenoxy) is 1. The summed E-state index contributed by atoms with van der Waals surface area (Å²) in [7, 11) is -4.08. The van der Waals surface area contributed by atoms with E-state index in [1.165, 1.54) is 46.7 Å². The van der Waals surface area contributed by atoms with Gasteiger partial charge in [0.2, 0.25) is 23.6 Å². The number of carbonyl (C=O) groups excluding carboxylic acids is 4. The van der Waals surface area contributed by atoms with Gasteiger partial charge in [-0.05, 0) is 157 Å². The SMILES string of the molecule is C=CC1CC(/C=C\C2CC(C=C)C3C(=O)N(CCCCCCn4c5ccccc5c5ccccc54)C(=O)C23)C2C(=O)N(CCCCCCOc3ccc(-c4ccc5c6ccccc6n(S(=O)(=O)c6ccc(N7c8ccccc8C(C)(C)c8ccccc87)cc6)c5c4)cc3)C(=O)C12. The number of carbonyl (C=O) groups is 4. The number of benzene rings is 8. The molecule has 15 rings (SSSR count). The van der Waals surface area contributed by atoms with Gasteiger partial charge in [0.15, 0.2) is 0 Å². The highest BCUT2D eigenvalue weighted by atomic mass is 32.2. The van der Waals surface area contributed by atoms with E-state index in [9.17, 15) is 27.6 Å². The Bertz CT molecular complexity index is 4760. The Balaban J connectivity index is 0.535. The van der Waals surface area contributed by atoms with Crippen LogP contribution in [0.2, 0.25) is 0 Å². The Labute approximate surface area is 562 Å². The lowest BCUT2D eigenvalue weighted by molar-refractivity contribution is -0.142. The lowest BCUT2D eigenvalue weighted by Crippen LogP contribution is -2.34. The molecule has 0 bridgehead atoms. The number of likely N-dealkylation sites (tertiary alicyclic amines) is 2. The number of aromatic nitrogens is 2. The van der Waals surface area contributed by atoms with Gasteiger partial charge in [0.25, 0.3) is 10.0 Å². The van der Waals surface area contributed by atoms with Crippen molar-refractivity contribution in [2.24, 2.45) is 47.3 Å². The Hall–Kier alpha value is -9.59. The number of amides is 4. The number of nitrogens with zero attached hydrogens (tertiary/aromatic N) is 5. The van der Waals surface area contributed by atoms with Crippen molar-refractivity contribution < 1.29 is 32.3 Å². The molecule has 0 radical (unpaired) electrons. The predicted molar refractivity (Wildman–Crippen MR) is 383 cm³/mol. The zero-order valence-electron chi connectivity index (χ0n) is 54.6. The number of anilines is 3. The molecule has 4 amide bonds. The summed E-state index contributed by atoms with van der Waals surface area (Å²) in [5.41, 5.74) is 10.7. The van der Waals surface area contributed by atoms with Crippen LogP contribution in [-0.2, 0) is 41.2 Å². The molecule has 5 heterocycles. The van der Waals surface area contributed by atoms with Gasteiger partial charge < -0.3 is 14.2 Å². The van der Waals surface area contributed by atoms with E-state index >= 15 is 0 Å². The maximum absolute atomic E-state index is 15.0. The number of para-hydroxylation sites is 5. The molecule has 8 unspecified atom stereocenters. The van der Waals surface area contributed by atoms with Crippen LogP contribution in [0, 0.1) is 47.3 Å². The standard InChI is InChI=1S/C83H81N5O7S/c1-5-54-51-58(77-75(54)79(89)85(81(77)91)48-22-8-7-21-47-84-69-30-16-11-25-63(69)64-26-12-17-31-70(64)84)35-36-59-52-55(6-2)76-78(59)82(92)86(80(76)90)49-23-9-10-24-50-95-61-42-37-56(38-43-61)57-39-46-66-65-27-13-18-32-71(65)88(74(66)53-57)96(93,94)62-44-40-60(41-45-62)87-72-33-19-14-28-67(72)83(3,4)68-29-15-20-34-73(68)87/h5-6,11-20,25-46,53-55,58-59,75-78H,1-2,7-10,21-24,47-52H2,3-4H3/b36-35-. The van der Waals surface area contributed by atoms with Crippen LogP contribution in [-0.4, -0.2) is 70.1 Å². The Morgan fingerprint density at radius 2 is 0.896 bits per heavy atom. The molecule has 2 aliphatic carbocycles. The second-order valence-corrected chi connectivity index (χ2v) is 29.4. The van der Waals surface area contributed by atoms with Crippen LogP contribution in [0.15, 0.2) is 230 Å². The van der Waals surface area contributed by atoms with E-state index in [0.717, 1.165) is 96.2 Å². The summed E-state index contributed by atoms with van der Waals surface area (Å²) in [5.74, 6) is -2.08. The van der Waals surface area contributed by atoms with E-state index < -0.39 is 33.7 Å². The zero-order valence-corrected chi connectivity index (χ0v) is 55.5. The van der Waals surface area contributed by atoms with Crippen LogP contribution in [0.4, 0.5) is 17.1 Å². The van der Waals surface area contributed by atoms with Crippen LogP contribution >= 0.6 is 0 Å². The molecule has 0 spiro atoms. The smallest absolute Gasteiger partial charge is 0.268 e. The third-order valence-electron chi connectivity index (χ3n) is 21.9. The molecule has 2 aromatic heterocycles. The number of hydrogen-bond acceptors (Lipinski definition) is 8. The second-order valence-electron chi connectivity index (χ2n) is 27.6. The van der Waals surface area contributed by atoms with Gasteiger partial charge in [-0.2, -0.15) is 0 Å². The van der Waals surface area contributed by atoms with Crippen molar-refractivity contribution in [3.05, 3.63) is 237 Å². The van der Waals surface area contributed by atoms with Crippen molar-refractivity contribution in [1.82, 2.24) is 18.3 Å². The third-order valence-corrected chi connectivity index (χ3v) is 23.7. The van der Waals surface area contributed by atoms with Crippen LogP contribution in [0.25, 0.3) is 54.7 Å². The van der Waals surface area contributed by atoms with Gasteiger partial charge in [0.1, 0.15) is 5.75 Å². The second kappa shape index (κ2) is 25.5. The third kappa shape index (κ3) is 10.7. The monoisotopic (exact) mass is 1290 g/mol. The number of aryl methyl sites for hydroxylation is 1.